The second-order valence-electron chi connectivity index (χ2n) is 6.31. The summed E-state index contributed by atoms with van der Waals surface area (Å²) < 4.78 is 43.8. The van der Waals surface area contributed by atoms with Crippen molar-refractivity contribution in [2.75, 3.05) is 12.0 Å². The number of fused-ring (bicyclic) bond motifs is 1. The van der Waals surface area contributed by atoms with Crippen LogP contribution in [0.5, 0.6) is 0 Å². The lowest BCUT2D eigenvalue weighted by molar-refractivity contribution is -0.137. The van der Waals surface area contributed by atoms with Gasteiger partial charge in [-0.2, -0.15) is 18.3 Å². The molecule has 29 heavy (non-hydrogen) atoms. The Morgan fingerprint density at radius 3 is 2.69 bits per heavy atom. The highest BCUT2D eigenvalue weighted by Crippen LogP contribution is 2.30. The molecule has 0 fully saturated rings. The summed E-state index contributed by atoms with van der Waals surface area (Å²) in [5.74, 6) is 0. The van der Waals surface area contributed by atoms with Crippen LogP contribution in [0.1, 0.15) is 11.3 Å². The highest BCUT2D eigenvalue weighted by Gasteiger charge is 2.31. The van der Waals surface area contributed by atoms with Gasteiger partial charge < -0.3 is 10.1 Å². The maximum Gasteiger partial charge on any atom is 0.417 e. The number of nitrogens with zero attached hydrogens (tertiary/aromatic N) is 3. The van der Waals surface area contributed by atoms with Crippen LogP contribution in [-0.4, -0.2) is 26.9 Å². The van der Waals surface area contributed by atoms with Crippen molar-refractivity contribution < 1.29 is 17.9 Å². The van der Waals surface area contributed by atoms with E-state index in [2.05, 4.69) is 25.5 Å². The normalized spacial score (nSPS) is 11.7. The minimum Gasteiger partial charge on any atom is -0.361 e. The molecule has 0 unspecified atom stereocenters. The molecule has 148 valence electrons. The number of H-pyrrole nitrogens is 1. The Morgan fingerprint density at radius 1 is 1.00 bits per heavy atom. The van der Waals surface area contributed by atoms with E-state index in [9.17, 15) is 13.2 Å². The Bertz CT molecular complexity index is 1110. The van der Waals surface area contributed by atoms with Gasteiger partial charge in [0.15, 0.2) is 0 Å². The summed E-state index contributed by atoms with van der Waals surface area (Å²) in [5.41, 5.74) is 2.97. The summed E-state index contributed by atoms with van der Waals surface area (Å²) >= 11 is 0. The first-order chi connectivity index (χ1) is 14.0. The molecule has 0 saturated carbocycles. The molecule has 0 aliphatic rings. The summed E-state index contributed by atoms with van der Waals surface area (Å²) in [7, 11) is 0. The monoisotopic (exact) mass is 399 g/mol. The Labute approximate surface area is 163 Å². The van der Waals surface area contributed by atoms with E-state index in [-0.39, 0.29) is 19.0 Å². The van der Waals surface area contributed by atoms with E-state index in [0.29, 0.717) is 0 Å². The molecule has 0 radical (unpaired) electrons. The van der Waals surface area contributed by atoms with E-state index < -0.39 is 11.7 Å². The lowest BCUT2D eigenvalue weighted by Gasteiger charge is -2.10. The summed E-state index contributed by atoms with van der Waals surface area (Å²) in [4.78, 5) is 7.73. The van der Waals surface area contributed by atoms with Crippen molar-refractivity contribution in [3.05, 3.63) is 72.4 Å². The zero-order valence-electron chi connectivity index (χ0n) is 15.1. The van der Waals surface area contributed by atoms with Crippen molar-refractivity contribution in [2.45, 2.75) is 12.8 Å². The number of benzene rings is 1. The van der Waals surface area contributed by atoms with Crippen molar-refractivity contribution in [1.82, 2.24) is 20.2 Å². The fourth-order valence-electron chi connectivity index (χ4n) is 2.87. The van der Waals surface area contributed by atoms with Gasteiger partial charge in [0, 0.05) is 29.5 Å². The standard InChI is InChI=1S/C20H16F3N5O/c21-20(22,23)15-7-16(10-25-9-15)26-12-29-11-19-17-6-13(3-4-18(17)27-28-19)14-2-1-5-24-8-14/h1-10,26H,11-12H2,(H,27,28). The molecule has 3 aromatic heterocycles. The van der Waals surface area contributed by atoms with Crippen molar-refractivity contribution in [1.29, 1.82) is 0 Å². The van der Waals surface area contributed by atoms with Gasteiger partial charge in [-0.15, -0.1) is 0 Å². The summed E-state index contributed by atoms with van der Waals surface area (Å²) in [5, 5.41) is 10.9. The molecule has 0 amide bonds. The van der Waals surface area contributed by atoms with Crippen LogP contribution in [0.3, 0.4) is 0 Å². The predicted molar refractivity (Wildman–Crippen MR) is 102 cm³/mol. The van der Waals surface area contributed by atoms with Crippen molar-refractivity contribution in [3.63, 3.8) is 0 Å². The van der Waals surface area contributed by atoms with Crippen LogP contribution in [-0.2, 0) is 17.5 Å². The van der Waals surface area contributed by atoms with Crippen LogP contribution in [0, 0.1) is 0 Å². The quantitative estimate of drug-likeness (QED) is 0.365. The van der Waals surface area contributed by atoms with Gasteiger partial charge in [0.1, 0.15) is 6.73 Å². The first-order valence-electron chi connectivity index (χ1n) is 8.72. The number of hydrogen-bond donors (Lipinski definition) is 2. The summed E-state index contributed by atoms with van der Waals surface area (Å²) in [6, 6.07) is 10.7. The number of ether oxygens (including phenoxy) is 1. The molecule has 4 rings (SSSR count). The van der Waals surface area contributed by atoms with Crippen LogP contribution < -0.4 is 5.32 Å². The molecule has 4 aromatic rings. The number of pyridine rings is 2. The number of rotatable bonds is 6. The van der Waals surface area contributed by atoms with E-state index in [4.69, 9.17) is 4.74 Å². The van der Waals surface area contributed by atoms with Crippen molar-refractivity contribution in [3.8, 4) is 11.1 Å². The maximum atomic E-state index is 12.7. The van der Waals surface area contributed by atoms with Gasteiger partial charge in [-0.1, -0.05) is 12.1 Å². The molecule has 0 aliphatic carbocycles. The van der Waals surface area contributed by atoms with E-state index in [0.717, 1.165) is 40.0 Å². The molecule has 2 N–H and O–H groups in total. The smallest absolute Gasteiger partial charge is 0.361 e. The summed E-state index contributed by atoms with van der Waals surface area (Å²) in [6.07, 6.45) is 1.15. The van der Waals surface area contributed by atoms with Crippen molar-refractivity contribution >= 4 is 16.6 Å². The predicted octanol–water partition coefficient (Wildman–Crippen LogP) is 4.62. The number of halogens is 3. The second kappa shape index (κ2) is 7.88. The lowest BCUT2D eigenvalue weighted by atomic mass is 10.0. The fraction of sp³-hybridized carbons (Fsp3) is 0.150. The zero-order valence-corrected chi connectivity index (χ0v) is 15.1. The third-order valence-corrected chi connectivity index (χ3v) is 4.32. The average molecular weight is 399 g/mol. The highest BCUT2D eigenvalue weighted by atomic mass is 19.4. The number of nitrogens with one attached hydrogen (secondary N) is 2. The third-order valence-electron chi connectivity index (χ3n) is 4.32. The zero-order chi connectivity index (χ0) is 20.3. The largest absolute Gasteiger partial charge is 0.417 e. The molecule has 0 atom stereocenters. The van der Waals surface area contributed by atoms with Gasteiger partial charge in [-0.25, -0.2) is 0 Å². The molecule has 0 spiro atoms. The van der Waals surface area contributed by atoms with Gasteiger partial charge in [0.05, 0.1) is 35.3 Å². The van der Waals surface area contributed by atoms with Gasteiger partial charge in [-0.05, 0) is 29.8 Å². The minimum atomic E-state index is -4.44. The SMILES string of the molecule is FC(F)(F)c1cncc(NCOCc2[nH]nc3ccc(-c4cccnc4)cc23)c1. The van der Waals surface area contributed by atoms with Gasteiger partial charge in [-0.3, -0.25) is 15.1 Å². The van der Waals surface area contributed by atoms with Crippen LogP contribution in [0.15, 0.2) is 61.2 Å². The van der Waals surface area contributed by atoms with E-state index in [1.54, 1.807) is 12.4 Å². The molecule has 0 saturated heterocycles. The Hall–Kier alpha value is -3.46. The van der Waals surface area contributed by atoms with Crippen LogP contribution in [0.25, 0.3) is 22.0 Å². The molecule has 6 nitrogen and oxygen atoms in total. The maximum absolute atomic E-state index is 12.7. The molecule has 9 heteroatoms. The van der Waals surface area contributed by atoms with Crippen LogP contribution in [0.4, 0.5) is 18.9 Å². The molecule has 0 bridgehead atoms. The molecular weight excluding hydrogens is 383 g/mol. The second-order valence-corrected chi connectivity index (χ2v) is 6.31. The minimum absolute atomic E-state index is 0.0196. The molecule has 3 heterocycles. The fourth-order valence-corrected chi connectivity index (χ4v) is 2.87. The Morgan fingerprint density at radius 2 is 1.90 bits per heavy atom. The highest BCUT2D eigenvalue weighted by molar-refractivity contribution is 5.86. The Balaban J connectivity index is 1.41. The van der Waals surface area contributed by atoms with Gasteiger partial charge in [0.2, 0.25) is 0 Å². The number of alkyl halides is 3. The first kappa shape index (κ1) is 18.9. The van der Waals surface area contributed by atoms with Gasteiger partial charge in [0.25, 0.3) is 0 Å². The van der Waals surface area contributed by atoms with E-state index >= 15 is 0 Å². The number of hydrogen-bond acceptors (Lipinski definition) is 5. The van der Waals surface area contributed by atoms with Crippen molar-refractivity contribution in [2.24, 2.45) is 0 Å². The summed E-state index contributed by atoms with van der Waals surface area (Å²) in [6.45, 7) is 0.234. The average Bonchev–Trinajstić information content (AvgIpc) is 3.14. The van der Waals surface area contributed by atoms with Crippen LogP contribution >= 0.6 is 0 Å². The molecule has 0 aliphatic heterocycles. The van der Waals surface area contributed by atoms with E-state index in [1.807, 2.05) is 30.3 Å². The topological polar surface area (TPSA) is 75.7 Å². The van der Waals surface area contributed by atoms with Crippen LogP contribution in [0.2, 0.25) is 0 Å². The Kier molecular flexibility index (Phi) is 5.13. The van der Waals surface area contributed by atoms with E-state index in [1.165, 1.54) is 6.20 Å². The number of aromatic nitrogens is 4. The molecular formula is C20H16F3N5O. The number of aromatic amines is 1. The van der Waals surface area contributed by atoms with Gasteiger partial charge >= 0.3 is 6.18 Å². The number of anilines is 1. The lowest BCUT2D eigenvalue weighted by Crippen LogP contribution is -2.10. The third kappa shape index (κ3) is 4.35. The molecule has 1 aromatic carbocycles. The first-order valence-corrected chi connectivity index (χ1v) is 8.72.